The summed E-state index contributed by atoms with van der Waals surface area (Å²) in [5, 5.41) is 3.53. The molecule has 0 bridgehead atoms. The molecule has 0 radical (unpaired) electrons. The number of nitrogens with one attached hydrogen (secondary N) is 1. The van der Waals surface area contributed by atoms with E-state index in [1.54, 1.807) is 12.1 Å². The van der Waals surface area contributed by atoms with Crippen LogP contribution in [0.15, 0.2) is 27.8 Å². The zero-order chi connectivity index (χ0) is 15.7. The molecule has 1 aromatic heterocycles. The van der Waals surface area contributed by atoms with Crippen LogP contribution in [-0.4, -0.2) is 60.9 Å². The average molecular weight is 432 g/mol. The fourth-order valence-electron chi connectivity index (χ4n) is 2.84. The molecule has 128 valence electrons. The quantitative estimate of drug-likeness (QED) is 0.442. The molecule has 1 atom stereocenters. The molecule has 0 spiro atoms. The molecule has 1 saturated heterocycles. The summed E-state index contributed by atoms with van der Waals surface area (Å²) >= 11 is 0. The van der Waals surface area contributed by atoms with Crippen LogP contribution in [0.5, 0.6) is 0 Å². The lowest BCUT2D eigenvalue weighted by atomic mass is 10.2. The van der Waals surface area contributed by atoms with Crippen LogP contribution in [0.2, 0.25) is 0 Å². The van der Waals surface area contributed by atoms with Crippen LogP contribution in [0.3, 0.4) is 0 Å². The van der Waals surface area contributed by atoms with Gasteiger partial charge in [-0.3, -0.25) is 9.79 Å². The van der Waals surface area contributed by atoms with Gasteiger partial charge in [0.15, 0.2) is 11.7 Å². The van der Waals surface area contributed by atoms with Crippen molar-refractivity contribution >= 4 is 35.8 Å². The van der Waals surface area contributed by atoms with Crippen LogP contribution < -0.4 is 5.32 Å². The number of guanidine groups is 1. The molecule has 1 aliphatic heterocycles. The van der Waals surface area contributed by atoms with E-state index in [0.717, 1.165) is 19.0 Å². The van der Waals surface area contributed by atoms with Crippen LogP contribution in [0.1, 0.15) is 30.8 Å². The summed E-state index contributed by atoms with van der Waals surface area (Å²) in [5.74, 6) is 1.33. The number of hydrogen-bond acceptors (Lipinski definition) is 3. The molecule has 23 heavy (non-hydrogen) atoms. The first-order valence-electron chi connectivity index (χ1n) is 7.82. The number of hydrogen-bond donors (Lipinski definition) is 1. The van der Waals surface area contributed by atoms with Gasteiger partial charge in [-0.1, -0.05) is 13.8 Å². The predicted molar refractivity (Wildman–Crippen MR) is 100 cm³/mol. The van der Waals surface area contributed by atoms with Crippen molar-refractivity contribution in [2.24, 2.45) is 10.4 Å². The Hall–Kier alpha value is -1.25. The number of carbonyl (C=O) groups excluding carboxylic acids is 1. The summed E-state index contributed by atoms with van der Waals surface area (Å²) in [5.41, 5.74) is 0.368. The molecule has 1 aromatic rings. The molecule has 0 aromatic carbocycles. The van der Waals surface area contributed by atoms with Crippen molar-refractivity contribution in [3.05, 3.63) is 24.2 Å². The number of amides is 1. The Balaban J connectivity index is 0.00000192. The molecule has 1 aliphatic carbocycles. The highest BCUT2D eigenvalue weighted by Gasteiger charge is 2.46. The normalized spacial score (nSPS) is 23.3. The van der Waals surface area contributed by atoms with Crippen LogP contribution in [0.25, 0.3) is 0 Å². The van der Waals surface area contributed by atoms with Crippen molar-refractivity contribution in [3.63, 3.8) is 0 Å². The van der Waals surface area contributed by atoms with E-state index in [0.29, 0.717) is 30.3 Å². The highest BCUT2D eigenvalue weighted by molar-refractivity contribution is 14.0. The van der Waals surface area contributed by atoms with E-state index < -0.39 is 0 Å². The van der Waals surface area contributed by atoms with E-state index in [9.17, 15) is 4.79 Å². The van der Waals surface area contributed by atoms with Gasteiger partial charge in [0.2, 0.25) is 0 Å². The van der Waals surface area contributed by atoms with E-state index in [4.69, 9.17) is 4.42 Å². The molecule has 1 amide bonds. The summed E-state index contributed by atoms with van der Waals surface area (Å²) in [7, 11) is 1.82. The standard InChI is InChI=1S/C16H24N4O2.HI/c1-16(2)11-13(16)18-15(17-3)20-8-6-19(7-9-20)14(21)12-5-4-10-22-12;/h4-5,10,13H,6-9,11H2,1-3H3,(H,17,18);1H. The lowest BCUT2D eigenvalue weighted by Gasteiger charge is -2.36. The number of nitrogens with zero attached hydrogens (tertiary/aromatic N) is 3. The highest BCUT2D eigenvalue weighted by atomic mass is 127. The topological polar surface area (TPSA) is 61.1 Å². The minimum atomic E-state index is -0.0316. The molecule has 7 heteroatoms. The minimum absolute atomic E-state index is 0. The Morgan fingerprint density at radius 2 is 1.91 bits per heavy atom. The third-order valence-corrected chi connectivity index (χ3v) is 4.63. The smallest absolute Gasteiger partial charge is 0.289 e. The summed E-state index contributed by atoms with van der Waals surface area (Å²) in [6.07, 6.45) is 2.72. The van der Waals surface area contributed by atoms with Gasteiger partial charge in [0.1, 0.15) is 0 Å². The fraction of sp³-hybridized carbons (Fsp3) is 0.625. The average Bonchev–Trinajstić information content (AvgIpc) is 2.94. The summed E-state index contributed by atoms with van der Waals surface area (Å²) < 4.78 is 5.19. The number of piperazine rings is 1. The first kappa shape index (κ1) is 18.1. The Kier molecular flexibility index (Phi) is 5.59. The number of carbonyl (C=O) groups is 1. The highest BCUT2D eigenvalue weighted by Crippen LogP contribution is 2.44. The SMILES string of the molecule is CN=C(NC1CC1(C)C)N1CCN(C(=O)c2ccco2)CC1.I. The van der Waals surface area contributed by atoms with Gasteiger partial charge in [-0.05, 0) is 24.0 Å². The number of aliphatic imine (C=N–C) groups is 1. The van der Waals surface area contributed by atoms with Gasteiger partial charge in [0, 0.05) is 39.3 Å². The van der Waals surface area contributed by atoms with E-state index in [2.05, 4.69) is 29.1 Å². The van der Waals surface area contributed by atoms with Crippen LogP contribution in [0.4, 0.5) is 0 Å². The van der Waals surface area contributed by atoms with Crippen LogP contribution in [-0.2, 0) is 0 Å². The first-order chi connectivity index (χ1) is 10.5. The van der Waals surface area contributed by atoms with Crippen LogP contribution in [0, 0.1) is 5.41 Å². The molecule has 3 rings (SSSR count). The molecular weight excluding hydrogens is 407 g/mol. The van der Waals surface area contributed by atoms with Crippen molar-refractivity contribution in [2.45, 2.75) is 26.3 Å². The summed E-state index contributed by atoms with van der Waals surface area (Å²) in [4.78, 5) is 20.7. The van der Waals surface area contributed by atoms with Crippen molar-refractivity contribution in [1.29, 1.82) is 0 Å². The van der Waals surface area contributed by atoms with Gasteiger partial charge in [-0.2, -0.15) is 0 Å². The van der Waals surface area contributed by atoms with Gasteiger partial charge in [0.25, 0.3) is 5.91 Å². The third-order valence-electron chi connectivity index (χ3n) is 4.63. The lowest BCUT2D eigenvalue weighted by Crippen LogP contribution is -2.54. The summed E-state index contributed by atoms with van der Waals surface area (Å²) in [6, 6.07) is 3.96. The van der Waals surface area contributed by atoms with E-state index in [-0.39, 0.29) is 29.9 Å². The van der Waals surface area contributed by atoms with Crippen molar-refractivity contribution in [2.75, 3.05) is 33.2 Å². The molecule has 1 unspecified atom stereocenters. The molecule has 1 saturated carbocycles. The van der Waals surface area contributed by atoms with E-state index in [1.807, 2.05) is 11.9 Å². The van der Waals surface area contributed by atoms with Crippen molar-refractivity contribution in [3.8, 4) is 0 Å². The minimum Gasteiger partial charge on any atom is -0.459 e. The lowest BCUT2D eigenvalue weighted by molar-refractivity contribution is 0.0657. The largest absolute Gasteiger partial charge is 0.459 e. The van der Waals surface area contributed by atoms with Gasteiger partial charge < -0.3 is 19.5 Å². The second-order valence-corrected chi connectivity index (χ2v) is 6.69. The number of rotatable bonds is 2. The zero-order valence-electron chi connectivity index (χ0n) is 13.9. The molecule has 6 nitrogen and oxygen atoms in total. The monoisotopic (exact) mass is 432 g/mol. The third kappa shape index (κ3) is 3.99. The van der Waals surface area contributed by atoms with Gasteiger partial charge in [-0.15, -0.1) is 24.0 Å². The van der Waals surface area contributed by atoms with Crippen molar-refractivity contribution < 1.29 is 9.21 Å². The Labute approximate surface area is 154 Å². The second-order valence-electron chi connectivity index (χ2n) is 6.69. The molecule has 2 fully saturated rings. The van der Waals surface area contributed by atoms with Gasteiger partial charge >= 0.3 is 0 Å². The fourth-order valence-corrected chi connectivity index (χ4v) is 2.84. The van der Waals surface area contributed by atoms with Crippen molar-refractivity contribution in [1.82, 2.24) is 15.1 Å². The van der Waals surface area contributed by atoms with Gasteiger partial charge in [-0.25, -0.2) is 0 Å². The first-order valence-corrected chi connectivity index (χ1v) is 7.82. The van der Waals surface area contributed by atoms with E-state index in [1.165, 1.54) is 12.7 Å². The number of halogens is 1. The summed E-state index contributed by atoms with van der Waals surface area (Å²) in [6.45, 7) is 7.48. The zero-order valence-corrected chi connectivity index (χ0v) is 16.2. The molecule has 2 heterocycles. The predicted octanol–water partition coefficient (Wildman–Crippen LogP) is 2.03. The Bertz CT molecular complexity index is 563. The second kappa shape index (κ2) is 7.11. The maximum Gasteiger partial charge on any atom is 0.289 e. The maximum atomic E-state index is 12.2. The Morgan fingerprint density at radius 1 is 1.30 bits per heavy atom. The van der Waals surface area contributed by atoms with Gasteiger partial charge in [0.05, 0.1) is 6.26 Å². The van der Waals surface area contributed by atoms with Crippen LogP contribution >= 0.6 is 24.0 Å². The molecule has 2 aliphatic rings. The Morgan fingerprint density at radius 3 is 2.39 bits per heavy atom. The molecular formula is C16H25IN4O2. The number of furan rings is 1. The molecule has 1 N–H and O–H groups in total. The van der Waals surface area contributed by atoms with E-state index >= 15 is 0 Å². The maximum absolute atomic E-state index is 12.2.